The molecule has 2 atom stereocenters. The molecule has 21 heavy (non-hydrogen) atoms. The zero-order valence-electron chi connectivity index (χ0n) is 12.5. The molecular weight excluding hydrogens is 288 g/mol. The number of hydrogen-bond donors (Lipinski definition) is 1. The van der Waals surface area contributed by atoms with Crippen molar-refractivity contribution in [3.05, 3.63) is 29.3 Å². The molecule has 0 heterocycles. The predicted molar refractivity (Wildman–Crippen MR) is 81.4 cm³/mol. The number of rotatable bonds is 4. The van der Waals surface area contributed by atoms with Crippen molar-refractivity contribution >= 4 is 15.8 Å². The molecule has 1 aromatic rings. The van der Waals surface area contributed by atoms with E-state index in [0.717, 1.165) is 25.7 Å². The highest BCUT2D eigenvalue weighted by atomic mass is 32.2. The molecule has 0 radical (unpaired) electrons. The second kappa shape index (κ2) is 6.18. The van der Waals surface area contributed by atoms with Gasteiger partial charge < -0.3 is 5.11 Å². The molecule has 4 nitrogen and oxygen atoms in total. The Labute approximate surface area is 126 Å². The molecule has 0 saturated heterocycles. The van der Waals surface area contributed by atoms with Crippen LogP contribution in [0.15, 0.2) is 23.1 Å². The van der Waals surface area contributed by atoms with Crippen molar-refractivity contribution in [2.75, 3.05) is 0 Å². The molecule has 116 valence electrons. The minimum absolute atomic E-state index is 0.0694. The molecule has 0 amide bonds. The van der Waals surface area contributed by atoms with Crippen LogP contribution < -0.4 is 0 Å². The van der Waals surface area contributed by atoms with Crippen molar-refractivity contribution in [3.8, 4) is 0 Å². The van der Waals surface area contributed by atoms with Gasteiger partial charge in [-0.2, -0.15) is 0 Å². The van der Waals surface area contributed by atoms with Gasteiger partial charge in [0, 0.05) is 0 Å². The lowest BCUT2D eigenvalue weighted by atomic mass is 9.87. The zero-order chi connectivity index (χ0) is 15.6. The Balaban J connectivity index is 2.49. The van der Waals surface area contributed by atoms with Crippen LogP contribution in [0.1, 0.15) is 54.9 Å². The fraction of sp³-hybridized carbons (Fsp3) is 0.562. The summed E-state index contributed by atoms with van der Waals surface area (Å²) in [6, 6.07) is 4.51. The first-order valence-electron chi connectivity index (χ1n) is 7.46. The van der Waals surface area contributed by atoms with Gasteiger partial charge in [0.15, 0.2) is 9.84 Å². The number of benzene rings is 1. The average Bonchev–Trinajstić information content (AvgIpc) is 2.46. The SMILES string of the molecule is CCC1CCCCC1S(=O)(=O)c1cccc(C(=O)O)c1C. The summed E-state index contributed by atoms with van der Waals surface area (Å²) in [6.07, 6.45) is 4.48. The fourth-order valence-electron chi connectivity index (χ4n) is 3.37. The highest BCUT2D eigenvalue weighted by Gasteiger charge is 2.36. The quantitative estimate of drug-likeness (QED) is 0.924. The first kappa shape index (κ1) is 16.0. The monoisotopic (exact) mass is 310 g/mol. The first-order valence-corrected chi connectivity index (χ1v) is 9.01. The molecule has 1 aliphatic carbocycles. The van der Waals surface area contributed by atoms with Crippen molar-refractivity contribution in [2.24, 2.45) is 5.92 Å². The Morgan fingerprint density at radius 1 is 1.29 bits per heavy atom. The van der Waals surface area contributed by atoms with E-state index in [1.807, 2.05) is 6.92 Å². The number of hydrogen-bond acceptors (Lipinski definition) is 3. The van der Waals surface area contributed by atoms with E-state index in [1.165, 1.54) is 12.1 Å². The highest BCUT2D eigenvalue weighted by Crippen LogP contribution is 2.36. The zero-order valence-corrected chi connectivity index (χ0v) is 13.3. The van der Waals surface area contributed by atoms with Crippen LogP contribution in [0.5, 0.6) is 0 Å². The maximum atomic E-state index is 13.0. The normalized spacial score (nSPS) is 23.0. The molecule has 5 heteroatoms. The molecule has 2 rings (SSSR count). The summed E-state index contributed by atoms with van der Waals surface area (Å²) in [4.78, 5) is 11.4. The standard InChI is InChI=1S/C16H22O4S/c1-3-12-7-4-5-9-15(12)21(19,20)14-10-6-8-13(11(14)2)16(17)18/h6,8,10,12,15H,3-5,7,9H2,1-2H3,(H,17,18). The first-order chi connectivity index (χ1) is 9.89. The predicted octanol–water partition coefficient (Wildman–Crippen LogP) is 3.44. The Morgan fingerprint density at radius 2 is 1.95 bits per heavy atom. The molecular formula is C16H22O4S. The van der Waals surface area contributed by atoms with Gasteiger partial charge in [-0.05, 0) is 43.4 Å². The Morgan fingerprint density at radius 3 is 2.57 bits per heavy atom. The number of carbonyl (C=O) groups is 1. The number of sulfone groups is 1. The third kappa shape index (κ3) is 2.98. The van der Waals surface area contributed by atoms with E-state index in [1.54, 1.807) is 13.0 Å². The van der Waals surface area contributed by atoms with Gasteiger partial charge in [-0.25, -0.2) is 13.2 Å². The maximum Gasteiger partial charge on any atom is 0.335 e. The minimum atomic E-state index is -3.47. The molecule has 1 saturated carbocycles. The van der Waals surface area contributed by atoms with Crippen LogP contribution in [0, 0.1) is 12.8 Å². The average molecular weight is 310 g/mol. The van der Waals surface area contributed by atoms with Gasteiger partial charge in [-0.1, -0.05) is 32.3 Å². The van der Waals surface area contributed by atoms with E-state index in [-0.39, 0.29) is 21.6 Å². The molecule has 1 aliphatic rings. The van der Waals surface area contributed by atoms with Crippen molar-refractivity contribution in [2.45, 2.75) is 56.1 Å². The van der Waals surface area contributed by atoms with Gasteiger partial charge in [-0.15, -0.1) is 0 Å². The summed E-state index contributed by atoms with van der Waals surface area (Å²) in [5, 5.41) is 8.79. The molecule has 0 aliphatic heterocycles. The van der Waals surface area contributed by atoms with Crippen LogP contribution >= 0.6 is 0 Å². The van der Waals surface area contributed by atoms with E-state index in [2.05, 4.69) is 0 Å². The molecule has 0 bridgehead atoms. The summed E-state index contributed by atoms with van der Waals surface area (Å²) >= 11 is 0. The summed E-state index contributed by atoms with van der Waals surface area (Å²) < 4.78 is 25.9. The summed E-state index contributed by atoms with van der Waals surface area (Å²) in [7, 11) is -3.47. The van der Waals surface area contributed by atoms with E-state index >= 15 is 0 Å². The van der Waals surface area contributed by atoms with Crippen LogP contribution in [0.2, 0.25) is 0 Å². The molecule has 1 N–H and O–H groups in total. The van der Waals surface area contributed by atoms with Crippen LogP contribution in [-0.2, 0) is 9.84 Å². The van der Waals surface area contributed by atoms with Crippen molar-refractivity contribution in [3.63, 3.8) is 0 Å². The third-order valence-electron chi connectivity index (χ3n) is 4.58. The smallest absolute Gasteiger partial charge is 0.335 e. The number of carboxylic acid groups (broad SMARTS) is 1. The molecule has 2 unspecified atom stereocenters. The van der Waals surface area contributed by atoms with Crippen LogP contribution in [-0.4, -0.2) is 24.7 Å². The number of carboxylic acids is 1. The topological polar surface area (TPSA) is 71.4 Å². The summed E-state index contributed by atoms with van der Waals surface area (Å²) in [5.41, 5.74) is 0.422. The maximum absolute atomic E-state index is 13.0. The van der Waals surface area contributed by atoms with E-state index < -0.39 is 15.8 Å². The van der Waals surface area contributed by atoms with Gasteiger partial charge in [0.25, 0.3) is 0 Å². The summed E-state index contributed by atoms with van der Waals surface area (Å²) in [6.45, 7) is 3.61. The van der Waals surface area contributed by atoms with E-state index in [9.17, 15) is 13.2 Å². The van der Waals surface area contributed by atoms with Crippen molar-refractivity contribution in [1.82, 2.24) is 0 Å². The van der Waals surface area contributed by atoms with Crippen LogP contribution in [0.3, 0.4) is 0 Å². The molecule has 0 aromatic heterocycles. The Hall–Kier alpha value is -1.36. The van der Waals surface area contributed by atoms with Crippen molar-refractivity contribution < 1.29 is 18.3 Å². The third-order valence-corrected chi connectivity index (χ3v) is 7.06. The second-order valence-corrected chi connectivity index (χ2v) is 7.91. The van der Waals surface area contributed by atoms with Gasteiger partial charge in [-0.3, -0.25) is 0 Å². The lowest BCUT2D eigenvalue weighted by Crippen LogP contribution is -2.33. The van der Waals surface area contributed by atoms with Crippen LogP contribution in [0.4, 0.5) is 0 Å². The van der Waals surface area contributed by atoms with Gasteiger partial charge in [0.2, 0.25) is 0 Å². The Kier molecular flexibility index (Phi) is 4.71. The molecule has 0 spiro atoms. The van der Waals surface area contributed by atoms with Gasteiger partial charge >= 0.3 is 5.97 Å². The largest absolute Gasteiger partial charge is 0.478 e. The van der Waals surface area contributed by atoms with Gasteiger partial charge in [0.1, 0.15) is 0 Å². The van der Waals surface area contributed by atoms with Gasteiger partial charge in [0.05, 0.1) is 15.7 Å². The molecule has 1 aromatic carbocycles. The van der Waals surface area contributed by atoms with Crippen molar-refractivity contribution in [1.29, 1.82) is 0 Å². The van der Waals surface area contributed by atoms with E-state index in [0.29, 0.717) is 12.0 Å². The lowest BCUT2D eigenvalue weighted by molar-refractivity contribution is 0.0696. The second-order valence-electron chi connectivity index (χ2n) is 5.77. The molecule has 1 fully saturated rings. The Bertz CT molecular complexity index is 634. The lowest BCUT2D eigenvalue weighted by Gasteiger charge is -2.31. The highest BCUT2D eigenvalue weighted by molar-refractivity contribution is 7.92. The minimum Gasteiger partial charge on any atom is -0.478 e. The van der Waals surface area contributed by atoms with Crippen LogP contribution in [0.25, 0.3) is 0 Å². The number of aromatic carboxylic acids is 1. The van der Waals surface area contributed by atoms with E-state index in [4.69, 9.17) is 5.11 Å². The fourth-order valence-corrected chi connectivity index (χ4v) is 5.81. The summed E-state index contributed by atoms with van der Waals surface area (Å²) in [5.74, 6) is -0.906.